The molecule has 4 atom stereocenters. The molecule has 1 unspecified atom stereocenters. The van der Waals surface area contributed by atoms with Crippen molar-refractivity contribution in [1.29, 1.82) is 0 Å². The van der Waals surface area contributed by atoms with E-state index in [9.17, 15) is 41.3 Å². The topological polar surface area (TPSA) is 388 Å². The highest BCUT2D eigenvalue weighted by molar-refractivity contribution is 9.11. The van der Waals surface area contributed by atoms with E-state index in [1.807, 2.05) is 76.2 Å². The van der Waals surface area contributed by atoms with Gasteiger partial charge in [0.05, 0.1) is 93.3 Å². The molecule has 105 heavy (non-hydrogen) atoms. The molecule has 14 rings (SSSR count). The number of aromatic nitrogens is 16. The fraction of sp³-hybridized carbons (Fsp3) is 0.362. The first-order chi connectivity index (χ1) is 50.8. The fourth-order valence-electron chi connectivity index (χ4n) is 11.9. The Morgan fingerprint density at radius 2 is 0.743 bits per heavy atom. The summed E-state index contributed by atoms with van der Waals surface area (Å²) in [5.41, 5.74) is 6.18. The van der Waals surface area contributed by atoms with E-state index in [0.717, 1.165) is 139 Å². The number of fused-ring (bicyclic) bond motifs is 4. The number of piperidine rings is 1. The van der Waals surface area contributed by atoms with Gasteiger partial charge in [0.15, 0.2) is 72.2 Å². The number of hydrogen-bond acceptors (Lipinski definition) is 24. The average Bonchev–Trinajstić information content (AvgIpc) is 1.74. The molecular weight excluding hydrogens is 1610 g/mol. The summed E-state index contributed by atoms with van der Waals surface area (Å²) in [6.45, 7) is 12.0. The van der Waals surface area contributed by atoms with Crippen LogP contribution in [0.15, 0.2) is 165 Å². The zero-order chi connectivity index (χ0) is 74.3. The number of hydrogen-bond donors (Lipinski definition) is 10. The van der Waals surface area contributed by atoms with Crippen LogP contribution in [0.3, 0.4) is 0 Å². The first-order valence-electron chi connectivity index (χ1n) is 34.1. The lowest BCUT2D eigenvalue weighted by Gasteiger charge is -2.35. The summed E-state index contributed by atoms with van der Waals surface area (Å²) in [5.74, 6) is 6.42. The number of aliphatic hydroxyl groups is 4. The zero-order valence-electron chi connectivity index (χ0n) is 57.9. The van der Waals surface area contributed by atoms with Crippen LogP contribution in [0, 0.1) is 32.7 Å². The van der Waals surface area contributed by atoms with E-state index in [1.165, 1.54) is 49.6 Å². The minimum Gasteiger partial charge on any atom is -0.619 e. The maximum atomic E-state index is 11.5. The lowest BCUT2D eigenvalue weighted by atomic mass is 10.0. The molecule has 0 radical (unpaired) electrons. The minimum absolute atomic E-state index is 0.0151. The summed E-state index contributed by atoms with van der Waals surface area (Å²) in [4.78, 5) is 22.9. The molecule has 0 aliphatic carbocycles. The van der Waals surface area contributed by atoms with E-state index in [1.54, 1.807) is 67.1 Å². The van der Waals surface area contributed by atoms with Gasteiger partial charge in [-0.15, -0.1) is 0 Å². The van der Waals surface area contributed by atoms with Gasteiger partial charge >= 0.3 is 0 Å². The molecule has 0 amide bonds. The van der Waals surface area contributed by atoms with Gasteiger partial charge in [0.2, 0.25) is 0 Å². The largest absolute Gasteiger partial charge is 0.619 e. The molecule has 10 N–H and O–H groups in total. The van der Waals surface area contributed by atoms with Crippen LogP contribution in [0.5, 0.6) is 0 Å². The molecule has 12 aromatic heterocycles. The van der Waals surface area contributed by atoms with Crippen LogP contribution in [0.2, 0.25) is 0 Å². The van der Waals surface area contributed by atoms with Gasteiger partial charge in [0.1, 0.15) is 46.5 Å². The Kier molecular flexibility index (Phi) is 26.2. The minimum atomic E-state index is -0.104. The van der Waals surface area contributed by atoms with E-state index >= 15 is 0 Å². The van der Waals surface area contributed by atoms with Crippen LogP contribution in [-0.2, 0) is 26.2 Å². The van der Waals surface area contributed by atoms with Gasteiger partial charge in [-0.3, -0.25) is 0 Å². The van der Waals surface area contributed by atoms with Crippen LogP contribution in [0.25, 0.3) is 22.6 Å². The summed E-state index contributed by atoms with van der Waals surface area (Å²) in [6.07, 6.45) is 23.9. The Morgan fingerprint density at radius 1 is 0.438 bits per heavy atom. The summed E-state index contributed by atoms with van der Waals surface area (Å²) in [6, 6.07) is 21.9. The van der Waals surface area contributed by atoms with Crippen LogP contribution in [0.1, 0.15) is 82.1 Å². The number of rotatable bonds is 24. The Labute approximate surface area is 637 Å². The lowest BCUT2D eigenvalue weighted by molar-refractivity contribution is -0.606. The third-order valence-corrected chi connectivity index (χ3v) is 19.8. The summed E-state index contributed by atoms with van der Waals surface area (Å²) in [7, 11) is 0. The maximum absolute atomic E-state index is 11.5. The van der Waals surface area contributed by atoms with Crippen molar-refractivity contribution in [2.45, 2.75) is 110 Å². The van der Waals surface area contributed by atoms with Crippen molar-refractivity contribution >= 4 is 133 Å². The summed E-state index contributed by atoms with van der Waals surface area (Å²) < 4.78 is 13.1. The van der Waals surface area contributed by atoms with E-state index in [2.05, 4.69) is 136 Å². The van der Waals surface area contributed by atoms with Gasteiger partial charge in [0, 0.05) is 110 Å². The number of aliphatic hydroxyl groups excluding tert-OH is 4. The van der Waals surface area contributed by atoms with E-state index in [-0.39, 0.29) is 62.4 Å². The number of halogens is 4. The molecule has 554 valence electrons. The maximum Gasteiger partial charge on any atom is 0.185 e. The summed E-state index contributed by atoms with van der Waals surface area (Å²) >= 11 is 13.9. The van der Waals surface area contributed by atoms with Crippen LogP contribution in [0.4, 0.5) is 46.5 Å². The Morgan fingerprint density at radius 3 is 1.05 bits per heavy atom. The monoisotopic (exact) mass is 1690 g/mol. The standard InChI is InChI=1S/C18H21BrN6O2.C17H19BrN6O2.2C17H21BrN6O2/c19-15-10-21-25-16(20-9-13-4-3-6-23(27)11-13)8-17(22-18(15)25)24-7-2-1-5-14(24)12-26;18-14-9-20-24-15(19-8-12-3-1-5-22(26)10-12)7-16(21-17(14)24)23-6-2-4-13(23)11-25;2*1-11(2)14(10-25)21-15-6-16(24-17(22-15)13(18)8-20-24)19-7-12-4-3-5-23(26)9-12/h3-4,6,8,10-11,14,20,26H,1-2,5,7,9,12H2;1,3,5,7,9-10,13,19,25H,2,4,6,8,11H2;2*3-6,8-9,11,14,19,25H,7,10H2,1-2H3,(H,21,22)/t;13-;2*14-/m.010/s1. The van der Waals surface area contributed by atoms with Gasteiger partial charge in [-0.05, 0) is 132 Å². The van der Waals surface area contributed by atoms with Crippen molar-refractivity contribution < 1.29 is 39.3 Å². The molecule has 14 heterocycles. The van der Waals surface area contributed by atoms with Gasteiger partial charge in [0.25, 0.3) is 0 Å². The second-order valence-electron chi connectivity index (χ2n) is 25.7. The van der Waals surface area contributed by atoms with Gasteiger partial charge in [-0.1, -0.05) is 27.7 Å². The number of nitrogens with one attached hydrogen (secondary N) is 6. The second kappa shape index (κ2) is 36.0. The van der Waals surface area contributed by atoms with Gasteiger partial charge in [-0.25, -0.2) is 19.9 Å². The Bertz CT molecular complexity index is 4720. The first-order valence-corrected chi connectivity index (χ1v) is 37.3. The van der Waals surface area contributed by atoms with Gasteiger partial charge in [-0.2, -0.15) is 57.4 Å². The van der Waals surface area contributed by atoms with Crippen molar-refractivity contribution in [3.63, 3.8) is 0 Å². The highest BCUT2D eigenvalue weighted by Crippen LogP contribution is 2.32. The fourth-order valence-corrected chi connectivity index (χ4v) is 13.3. The second-order valence-corrected chi connectivity index (χ2v) is 29.1. The predicted molar refractivity (Wildman–Crippen MR) is 412 cm³/mol. The number of pyridine rings is 4. The van der Waals surface area contributed by atoms with Crippen LogP contribution < -0.4 is 60.6 Å². The first kappa shape index (κ1) is 76.6. The SMILES string of the molecule is CC(C)[C@@H](CO)Nc1cc(NCc2ccc[n+]([O-])c2)n2ncc(Br)c2n1.CC(C)[C@H](CO)Nc1cc(NCc2ccc[n+]([O-])c2)n2ncc(Br)c2n1.[O-][n+]1cccc(CNc2cc(N3CCCCC3CO)nc3c(Br)cnn23)c1.[O-][n+]1cccc(CNc2cc(N3CCC[C@H]3CO)nc3c(Br)cnn23)c1. The number of nitrogens with zero attached hydrogens (tertiary/aromatic N) is 18. The van der Waals surface area contributed by atoms with Crippen molar-refractivity contribution in [2.24, 2.45) is 11.8 Å². The van der Waals surface area contributed by atoms with Gasteiger partial charge < -0.3 is 83.0 Å². The van der Waals surface area contributed by atoms with Crippen LogP contribution in [-0.4, -0.2) is 143 Å². The zero-order valence-corrected chi connectivity index (χ0v) is 64.3. The molecule has 0 spiro atoms. The molecule has 2 fully saturated rings. The normalized spacial score (nSPS) is 14.9. The molecule has 2 aliphatic heterocycles. The molecule has 0 aromatic carbocycles. The lowest BCUT2D eigenvalue weighted by Crippen LogP contribution is -2.42. The molecule has 32 nitrogen and oxygen atoms in total. The molecule has 2 saturated heterocycles. The van der Waals surface area contributed by atoms with Crippen molar-refractivity contribution in [1.82, 2.24) is 58.4 Å². The molecule has 0 bridgehead atoms. The third-order valence-electron chi connectivity index (χ3n) is 17.6. The molecule has 12 aromatic rings. The highest BCUT2D eigenvalue weighted by atomic mass is 79.9. The average molecular weight is 1700 g/mol. The Balaban J connectivity index is 0.000000140. The quantitative estimate of drug-likeness (QED) is 0.0201. The smallest absolute Gasteiger partial charge is 0.185 e. The molecule has 0 saturated carbocycles. The van der Waals surface area contributed by atoms with Crippen molar-refractivity contribution in [3.05, 3.63) is 208 Å². The predicted octanol–water partition coefficient (Wildman–Crippen LogP) is 8.12. The summed E-state index contributed by atoms with van der Waals surface area (Å²) in [5, 5.41) is 121. The molecule has 36 heteroatoms. The number of anilines is 8. The van der Waals surface area contributed by atoms with E-state index < -0.39 is 0 Å². The highest BCUT2D eigenvalue weighted by Gasteiger charge is 2.28. The van der Waals surface area contributed by atoms with Crippen LogP contribution >= 0.6 is 63.7 Å². The van der Waals surface area contributed by atoms with Crippen molar-refractivity contribution in [2.75, 3.05) is 81.2 Å². The third kappa shape index (κ3) is 19.5. The Hall–Kier alpha value is -9.56. The van der Waals surface area contributed by atoms with E-state index in [0.29, 0.717) is 60.4 Å². The van der Waals surface area contributed by atoms with E-state index in [4.69, 9.17) is 9.97 Å². The van der Waals surface area contributed by atoms with Crippen molar-refractivity contribution in [3.8, 4) is 0 Å². The molecular formula is C69H82Br4N24O8. The molecule has 2 aliphatic rings.